The van der Waals surface area contributed by atoms with E-state index in [0.29, 0.717) is 6.61 Å². The maximum absolute atomic E-state index is 5.17. The fourth-order valence-electron chi connectivity index (χ4n) is 2.74. The Hall–Kier alpha value is -0.860. The molecule has 0 amide bonds. The van der Waals surface area contributed by atoms with Gasteiger partial charge in [0.15, 0.2) is 0 Å². The van der Waals surface area contributed by atoms with Gasteiger partial charge in [-0.15, -0.1) is 0 Å². The van der Waals surface area contributed by atoms with Crippen LogP contribution in [0.5, 0.6) is 0 Å². The van der Waals surface area contributed by atoms with Gasteiger partial charge in [0.2, 0.25) is 0 Å². The summed E-state index contributed by atoms with van der Waals surface area (Å²) >= 11 is 0. The smallest absolute Gasteiger partial charge is 0.0713 e. The van der Waals surface area contributed by atoms with E-state index < -0.39 is 0 Å². The van der Waals surface area contributed by atoms with E-state index in [2.05, 4.69) is 29.6 Å². The number of ether oxygens (including phenoxy) is 1. The molecular weight excluding hydrogens is 222 g/mol. The first kappa shape index (κ1) is 13.6. The lowest BCUT2D eigenvalue weighted by Crippen LogP contribution is -2.27. The Balaban J connectivity index is 1.83. The third-order valence-electron chi connectivity index (χ3n) is 3.75. The number of methoxy groups -OCH3 is 1. The van der Waals surface area contributed by atoms with Crippen molar-refractivity contribution in [1.29, 1.82) is 0 Å². The second-order valence-corrected chi connectivity index (χ2v) is 5.32. The Morgan fingerprint density at radius 1 is 1.11 bits per heavy atom. The Labute approximate surface area is 111 Å². The van der Waals surface area contributed by atoms with E-state index >= 15 is 0 Å². The van der Waals surface area contributed by atoms with E-state index in [1.165, 1.54) is 49.7 Å². The molecule has 1 N–H and O–H groups in total. The Kier molecular flexibility index (Phi) is 5.69. The van der Waals surface area contributed by atoms with Gasteiger partial charge in [0.25, 0.3) is 0 Å². The zero-order chi connectivity index (χ0) is 12.6. The van der Waals surface area contributed by atoms with Crippen molar-refractivity contribution in [2.45, 2.75) is 57.7 Å². The molecule has 1 saturated carbocycles. The van der Waals surface area contributed by atoms with Gasteiger partial charge in [-0.1, -0.05) is 49.9 Å². The van der Waals surface area contributed by atoms with Crippen LogP contribution in [0.1, 0.15) is 49.7 Å². The first-order valence-electron chi connectivity index (χ1n) is 7.18. The van der Waals surface area contributed by atoms with Crippen LogP contribution in [0.25, 0.3) is 0 Å². The van der Waals surface area contributed by atoms with Gasteiger partial charge in [0.1, 0.15) is 0 Å². The molecule has 1 fully saturated rings. The molecule has 0 heterocycles. The van der Waals surface area contributed by atoms with E-state index in [9.17, 15) is 0 Å². The molecule has 0 aromatic heterocycles. The summed E-state index contributed by atoms with van der Waals surface area (Å²) in [5.74, 6) is 0. The molecule has 0 bridgehead atoms. The van der Waals surface area contributed by atoms with Crippen molar-refractivity contribution >= 4 is 0 Å². The normalized spacial score (nSPS) is 17.6. The van der Waals surface area contributed by atoms with Gasteiger partial charge in [-0.25, -0.2) is 0 Å². The highest BCUT2D eigenvalue weighted by molar-refractivity contribution is 5.22. The molecule has 0 unspecified atom stereocenters. The van der Waals surface area contributed by atoms with Gasteiger partial charge in [-0.05, 0) is 24.0 Å². The van der Waals surface area contributed by atoms with Crippen molar-refractivity contribution in [2.75, 3.05) is 7.11 Å². The van der Waals surface area contributed by atoms with Gasteiger partial charge in [0.05, 0.1) is 6.61 Å². The van der Waals surface area contributed by atoms with Crippen molar-refractivity contribution in [3.05, 3.63) is 35.4 Å². The zero-order valence-corrected chi connectivity index (χ0v) is 11.5. The van der Waals surface area contributed by atoms with Crippen molar-refractivity contribution < 1.29 is 4.74 Å². The monoisotopic (exact) mass is 247 g/mol. The second kappa shape index (κ2) is 7.55. The second-order valence-electron chi connectivity index (χ2n) is 5.32. The summed E-state index contributed by atoms with van der Waals surface area (Å²) < 4.78 is 5.17. The Morgan fingerprint density at radius 3 is 2.56 bits per heavy atom. The van der Waals surface area contributed by atoms with E-state index in [0.717, 1.165) is 12.6 Å². The van der Waals surface area contributed by atoms with Crippen LogP contribution < -0.4 is 5.32 Å². The number of hydrogen-bond acceptors (Lipinski definition) is 2. The summed E-state index contributed by atoms with van der Waals surface area (Å²) in [4.78, 5) is 0. The molecule has 0 radical (unpaired) electrons. The summed E-state index contributed by atoms with van der Waals surface area (Å²) in [5.41, 5.74) is 2.63. The topological polar surface area (TPSA) is 21.3 Å². The van der Waals surface area contributed by atoms with Crippen LogP contribution in [0.4, 0.5) is 0 Å². The molecule has 2 heteroatoms. The highest BCUT2D eigenvalue weighted by Crippen LogP contribution is 2.17. The van der Waals surface area contributed by atoms with Crippen LogP contribution in [0.2, 0.25) is 0 Å². The van der Waals surface area contributed by atoms with Crippen molar-refractivity contribution in [3.8, 4) is 0 Å². The standard InChI is InChI=1S/C16H25NO/c1-18-13-15-8-6-7-14(11-15)12-17-16-9-4-2-3-5-10-16/h6-8,11,16-17H,2-5,9-10,12-13H2,1H3. The minimum Gasteiger partial charge on any atom is -0.380 e. The van der Waals surface area contributed by atoms with E-state index in [1.54, 1.807) is 7.11 Å². The summed E-state index contributed by atoms with van der Waals surface area (Å²) in [6.45, 7) is 1.69. The van der Waals surface area contributed by atoms with Gasteiger partial charge < -0.3 is 10.1 Å². The number of benzene rings is 1. The summed E-state index contributed by atoms with van der Waals surface area (Å²) in [6.07, 6.45) is 8.31. The fourth-order valence-corrected chi connectivity index (χ4v) is 2.74. The zero-order valence-electron chi connectivity index (χ0n) is 11.5. The largest absolute Gasteiger partial charge is 0.380 e. The van der Waals surface area contributed by atoms with Gasteiger partial charge in [-0.2, -0.15) is 0 Å². The molecule has 2 nitrogen and oxygen atoms in total. The molecule has 0 aliphatic heterocycles. The van der Waals surface area contributed by atoms with Gasteiger partial charge in [0, 0.05) is 19.7 Å². The predicted octanol–water partition coefficient (Wildman–Crippen LogP) is 3.65. The van der Waals surface area contributed by atoms with Crippen LogP contribution in [0, 0.1) is 0 Å². The van der Waals surface area contributed by atoms with Crippen molar-refractivity contribution in [2.24, 2.45) is 0 Å². The first-order chi connectivity index (χ1) is 8.88. The molecule has 0 atom stereocenters. The van der Waals surface area contributed by atoms with Crippen LogP contribution >= 0.6 is 0 Å². The number of rotatable bonds is 5. The Bertz CT molecular complexity index is 343. The molecule has 0 spiro atoms. The maximum Gasteiger partial charge on any atom is 0.0713 e. The van der Waals surface area contributed by atoms with E-state index in [1.807, 2.05) is 0 Å². The SMILES string of the molecule is COCc1cccc(CNC2CCCCCC2)c1. The third kappa shape index (κ3) is 4.43. The fraction of sp³-hybridized carbons (Fsp3) is 0.625. The summed E-state index contributed by atoms with van der Waals surface area (Å²) in [5, 5.41) is 3.71. The van der Waals surface area contributed by atoms with Crippen molar-refractivity contribution in [3.63, 3.8) is 0 Å². The molecule has 1 aliphatic rings. The molecule has 1 aromatic rings. The first-order valence-corrected chi connectivity index (χ1v) is 7.18. The summed E-state index contributed by atoms with van der Waals surface area (Å²) in [7, 11) is 1.75. The lowest BCUT2D eigenvalue weighted by Gasteiger charge is -2.16. The molecule has 0 saturated heterocycles. The van der Waals surface area contributed by atoms with Crippen LogP contribution in [-0.4, -0.2) is 13.2 Å². The molecule has 18 heavy (non-hydrogen) atoms. The Morgan fingerprint density at radius 2 is 1.83 bits per heavy atom. The lowest BCUT2D eigenvalue weighted by atomic mass is 10.1. The molecule has 1 aliphatic carbocycles. The highest BCUT2D eigenvalue weighted by Gasteiger charge is 2.11. The molecular formula is C16H25NO. The lowest BCUT2D eigenvalue weighted by molar-refractivity contribution is 0.185. The highest BCUT2D eigenvalue weighted by atomic mass is 16.5. The number of hydrogen-bond donors (Lipinski definition) is 1. The van der Waals surface area contributed by atoms with E-state index in [4.69, 9.17) is 4.74 Å². The third-order valence-corrected chi connectivity index (χ3v) is 3.75. The van der Waals surface area contributed by atoms with Crippen LogP contribution in [-0.2, 0) is 17.9 Å². The van der Waals surface area contributed by atoms with Crippen molar-refractivity contribution in [1.82, 2.24) is 5.32 Å². The molecule has 1 aromatic carbocycles. The molecule has 100 valence electrons. The minimum absolute atomic E-state index is 0.706. The quantitative estimate of drug-likeness (QED) is 0.802. The van der Waals surface area contributed by atoms with Gasteiger partial charge >= 0.3 is 0 Å². The van der Waals surface area contributed by atoms with Gasteiger partial charge in [-0.3, -0.25) is 0 Å². The predicted molar refractivity (Wildman–Crippen MR) is 75.5 cm³/mol. The summed E-state index contributed by atoms with van der Waals surface area (Å²) in [6, 6.07) is 9.41. The van der Waals surface area contributed by atoms with Crippen LogP contribution in [0.15, 0.2) is 24.3 Å². The minimum atomic E-state index is 0.706. The average Bonchev–Trinajstić information content (AvgIpc) is 2.66. The number of nitrogens with one attached hydrogen (secondary N) is 1. The maximum atomic E-state index is 5.17. The van der Waals surface area contributed by atoms with E-state index in [-0.39, 0.29) is 0 Å². The van der Waals surface area contributed by atoms with Crippen LogP contribution in [0.3, 0.4) is 0 Å². The molecule has 2 rings (SSSR count). The average molecular weight is 247 g/mol.